The number of hydrogen-bond acceptors (Lipinski definition) is 6. The number of halogens is 1. The molecule has 0 saturated carbocycles. The fraction of sp³-hybridized carbons (Fsp3) is 0.560. The van der Waals surface area contributed by atoms with Crippen LogP contribution in [0.3, 0.4) is 0 Å². The van der Waals surface area contributed by atoms with Crippen LogP contribution in [0.4, 0.5) is 14.3 Å². The third-order valence-corrected chi connectivity index (χ3v) is 7.86. The highest BCUT2D eigenvalue weighted by Gasteiger charge is 2.31. The van der Waals surface area contributed by atoms with Gasteiger partial charge in [0.15, 0.2) is 10.9 Å². The summed E-state index contributed by atoms with van der Waals surface area (Å²) >= 11 is 1.20. The molecular formula is C25H33FN4O3S. The molecule has 1 aromatic carbocycles. The number of anilines is 1. The molecule has 4 rings (SSSR count). The molecule has 9 heteroatoms. The fourth-order valence-corrected chi connectivity index (χ4v) is 5.86. The first-order valence-electron chi connectivity index (χ1n) is 12.0. The van der Waals surface area contributed by atoms with E-state index >= 15 is 0 Å². The Morgan fingerprint density at radius 3 is 2.79 bits per heavy atom. The number of ketones is 1. The lowest BCUT2D eigenvalue weighted by Gasteiger charge is -2.39. The molecule has 2 fully saturated rings. The summed E-state index contributed by atoms with van der Waals surface area (Å²) in [6.07, 6.45) is 4.19. The number of carbonyl (C=O) groups excluding carboxylic acids is 2. The molecule has 0 radical (unpaired) electrons. The lowest BCUT2D eigenvalue weighted by Crippen LogP contribution is -2.52. The van der Waals surface area contributed by atoms with Gasteiger partial charge in [-0.1, -0.05) is 23.5 Å². The van der Waals surface area contributed by atoms with E-state index in [1.807, 2.05) is 12.1 Å². The van der Waals surface area contributed by atoms with Crippen molar-refractivity contribution in [3.8, 4) is 0 Å². The van der Waals surface area contributed by atoms with Gasteiger partial charge in [-0.05, 0) is 68.7 Å². The molecule has 2 aliphatic rings. The summed E-state index contributed by atoms with van der Waals surface area (Å²) < 4.78 is 18.9. The van der Waals surface area contributed by atoms with Gasteiger partial charge in [-0.25, -0.2) is 14.2 Å². The average molecular weight is 489 g/mol. The Morgan fingerprint density at radius 1 is 1.26 bits per heavy atom. The number of likely N-dealkylation sites (tertiary alicyclic amines) is 1. The summed E-state index contributed by atoms with van der Waals surface area (Å²) in [5, 5.41) is 6.27. The molecule has 34 heavy (non-hydrogen) atoms. The quantitative estimate of drug-likeness (QED) is 0.569. The van der Waals surface area contributed by atoms with E-state index < -0.39 is 0 Å². The van der Waals surface area contributed by atoms with Crippen LogP contribution in [0.2, 0.25) is 0 Å². The third kappa shape index (κ3) is 6.61. The normalized spacial score (nSPS) is 23.4. The molecule has 2 aromatic rings. The Balaban J connectivity index is 1.30. The van der Waals surface area contributed by atoms with E-state index in [2.05, 4.69) is 20.5 Å². The molecule has 0 bridgehead atoms. The van der Waals surface area contributed by atoms with Gasteiger partial charge >= 0.3 is 6.03 Å². The van der Waals surface area contributed by atoms with Gasteiger partial charge in [-0.15, -0.1) is 0 Å². The van der Waals surface area contributed by atoms with Gasteiger partial charge in [0.2, 0.25) is 0 Å². The molecule has 3 atom stereocenters. The van der Waals surface area contributed by atoms with Crippen molar-refractivity contribution in [1.82, 2.24) is 15.2 Å². The molecule has 7 nitrogen and oxygen atoms in total. The van der Waals surface area contributed by atoms with E-state index in [0.29, 0.717) is 40.8 Å². The number of nitrogens with zero attached hydrogens (tertiary/aromatic N) is 2. The van der Waals surface area contributed by atoms with Crippen molar-refractivity contribution in [2.24, 2.45) is 11.8 Å². The summed E-state index contributed by atoms with van der Waals surface area (Å²) in [5.74, 6) is 0.608. The van der Waals surface area contributed by atoms with Crippen LogP contribution in [0.5, 0.6) is 0 Å². The zero-order valence-electron chi connectivity index (χ0n) is 19.8. The highest BCUT2D eigenvalue weighted by Crippen LogP contribution is 2.25. The molecule has 3 heterocycles. The zero-order chi connectivity index (χ0) is 24.1. The highest BCUT2D eigenvalue weighted by molar-refractivity contribution is 7.17. The Labute approximate surface area is 204 Å². The highest BCUT2D eigenvalue weighted by atomic mass is 32.1. The van der Waals surface area contributed by atoms with E-state index in [9.17, 15) is 14.0 Å². The standard InChI is InChI=1S/C25H33FN4O3S/c1-16-23(17(2)31)34-25(27-16)29-24(32)28-22-15-33-11-9-20(22)14-30-10-3-4-19(13-30)12-18-5-7-21(26)8-6-18/h5-8,19-20,22H,3-4,9-15H2,1-2H3,(H2,27,28,29,32). The molecule has 2 amide bonds. The molecule has 184 valence electrons. The lowest BCUT2D eigenvalue weighted by molar-refractivity contribution is 0.0215. The lowest BCUT2D eigenvalue weighted by atomic mass is 9.89. The Morgan fingerprint density at radius 2 is 2.06 bits per heavy atom. The average Bonchev–Trinajstić information content (AvgIpc) is 3.17. The Hall–Kier alpha value is -2.36. The van der Waals surface area contributed by atoms with Crippen LogP contribution in [-0.4, -0.2) is 60.6 Å². The smallest absolute Gasteiger partial charge is 0.321 e. The second kappa shape index (κ2) is 11.4. The number of nitrogens with one attached hydrogen (secondary N) is 2. The minimum Gasteiger partial charge on any atom is -0.379 e. The van der Waals surface area contributed by atoms with Crippen LogP contribution in [0.1, 0.15) is 47.1 Å². The number of piperidine rings is 1. The number of aryl methyl sites for hydroxylation is 1. The zero-order valence-corrected chi connectivity index (χ0v) is 20.6. The molecule has 3 unspecified atom stereocenters. The SMILES string of the molecule is CC(=O)c1sc(NC(=O)NC2COCCC2CN2CCCC(Cc3ccc(F)cc3)C2)nc1C. The molecule has 2 aliphatic heterocycles. The first-order chi connectivity index (χ1) is 16.4. The minimum atomic E-state index is -0.322. The van der Waals surface area contributed by atoms with E-state index in [1.165, 1.54) is 42.4 Å². The van der Waals surface area contributed by atoms with Crippen molar-refractivity contribution in [3.63, 3.8) is 0 Å². The summed E-state index contributed by atoms with van der Waals surface area (Å²) in [6, 6.07) is 6.43. The number of amides is 2. The molecule has 2 saturated heterocycles. The van der Waals surface area contributed by atoms with Gasteiger partial charge in [0, 0.05) is 26.6 Å². The number of urea groups is 1. The largest absolute Gasteiger partial charge is 0.379 e. The third-order valence-electron chi connectivity index (χ3n) is 6.69. The van der Waals surface area contributed by atoms with Crippen molar-refractivity contribution in [2.75, 3.05) is 38.2 Å². The summed E-state index contributed by atoms with van der Waals surface area (Å²) in [4.78, 5) is 31.7. The van der Waals surface area contributed by atoms with Crippen molar-refractivity contribution < 1.29 is 18.7 Å². The maximum absolute atomic E-state index is 13.2. The molecule has 1 aromatic heterocycles. The second-order valence-electron chi connectivity index (χ2n) is 9.42. The number of hydrogen-bond donors (Lipinski definition) is 2. The van der Waals surface area contributed by atoms with Crippen LogP contribution in [0, 0.1) is 24.6 Å². The number of thiazole rings is 1. The van der Waals surface area contributed by atoms with Crippen molar-refractivity contribution >= 4 is 28.3 Å². The minimum absolute atomic E-state index is 0.0523. The van der Waals surface area contributed by atoms with Gasteiger partial charge in [0.25, 0.3) is 0 Å². The van der Waals surface area contributed by atoms with Crippen molar-refractivity contribution in [1.29, 1.82) is 0 Å². The summed E-state index contributed by atoms with van der Waals surface area (Å²) in [5.41, 5.74) is 1.81. The maximum atomic E-state index is 13.2. The topological polar surface area (TPSA) is 83.6 Å². The predicted molar refractivity (Wildman–Crippen MR) is 131 cm³/mol. The fourth-order valence-electron chi connectivity index (χ4n) is 5.01. The second-order valence-corrected chi connectivity index (χ2v) is 10.4. The first kappa shape index (κ1) is 24.8. The molecule has 0 aliphatic carbocycles. The van der Waals surface area contributed by atoms with E-state index in [1.54, 1.807) is 6.92 Å². The molecular weight excluding hydrogens is 455 g/mol. The number of aromatic nitrogens is 1. The van der Waals surface area contributed by atoms with Gasteiger partial charge in [0.05, 0.1) is 23.2 Å². The Bertz CT molecular complexity index is 997. The maximum Gasteiger partial charge on any atom is 0.321 e. The van der Waals surface area contributed by atoms with Crippen LogP contribution in [0.15, 0.2) is 24.3 Å². The van der Waals surface area contributed by atoms with E-state index in [4.69, 9.17) is 4.74 Å². The number of ether oxygens (including phenoxy) is 1. The molecule has 0 spiro atoms. The van der Waals surface area contributed by atoms with Crippen molar-refractivity contribution in [2.45, 2.75) is 45.6 Å². The van der Waals surface area contributed by atoms with Crippen LogP contribution >= 0.6 is 11.3 Å². The molecule has 2 N–H and O–H groups in total. The number of Topliss-reactive ketones (excluding diaryl/α,β-unsaturated/α-hetero) is 1. The van der Waals surface area contributed by atoms with Gasteiger partial charge < -0.3 is 15.0 Å². The van der Waals surface area contributed by atoms with Crippen LogP contribution in [0.25, 0.3) is 0 Å². The van der Waals surface area contributed by atoms with E-state index in [-0.39, 0.29) is 23.7 Å². The number of carbonyl (C=O) groups is 2. The summed E-state index contributed by atoms with van der Waals surface area (Å²) in [6.45, 7) is 7.44. The van der Waals surface area contributed by atoms with Crippen LogP contribution < -0.4 is 10.6 Å². The summed E-state index contributed by atoms with van der Waals surface area (Å²) in [7, 11) is 0. The Kier molecular flexibility index (Phi) is 8.28. The number of rotatable bonds is 7. The van der Waals surface area contributed by atoms with E-state index in [0.717, 1.165) is 38.9 Å². The monoisotopic (exact) mass is 488 g/mol. The van der Waals surface area contributed by atoms with Gasteiger partial charge in [0.1, 0.15) is 5.82 Å². The van der Waals surface area contributed by atoms with Crippen molar-refractivity contribution in [3.05, 3.63) is 46.2 Å². The van der Waals surface area contributed by atoms with Gasteiger partial charge in [-0.3, -0.25) is 10.1 Å². The van der Waals surface area contributed by atoms with Gasteiger partial charge in [-0.2, -0.15) is 0 Å². The number of benzene rings is 1. The first-order valence-corrected chi connectivity index (χ1v) is 12.8. The van der Waals surface area contributed by atoms with Crippen LogP contribution in [-0.2, 0) is 11.2 Å². The predicted octanol–water partition coefficient (Wildman–Crippen LogP) is 4.27.